The van der Waals surface area contributed by atoms with Crippen LogP contribution in [0.25, 0.3) is 0 Å². The molecule has 0 aromatic heterocycles. The Hall–Kier alpha value is -3.40. The lowest BCUT2D eigenvalue weighted by molar-refractivity contribution is -0.144. The van der Waals surface area contributed by atoms with E-state index in [-0.39, 0.29) is 6.03 Å². The minimum Gasteiger partial charge on any atom is -0.434 e. The summed E-state index contributed by atoms with van der Waals surface area (Å²) in [6.45, 7) is 4.22. The second kappa shape index (κ2) is 9.09. The maximum atomic E-state index is 13.3. The number of nitrogens with one attached hydrogen (secondary N) is 1. The van der Waals surface area contributed by atoms with Gasteiger partial charge in [0.25, 0.3) is 0 Å². The predicted octanol–water partition coefficient (Wildman–Crippen LogP) is 2.83. The van der Waals surface area contributed by atoms with Crippen molar-refractivity contribution in [3.63, 3.8) is 0 Å². The third kappa shape index (κ3) is 4.25. The number of piperazine rings is 1. The van der Waals surface area contributed by atoms with E-state index >= 15 is 0 Å². The number of fused-ring (bicyclic) bond motifs is 3. The van der Waals surface area contributed by atoms with Crippen molar-refractivity contribution in [2.75, 3.05) is 38.2 Å². The number of carbonyl (C=O) groups excluding carboxylic acids is 2. The number of amides is 2. The highest BCUT2D eigenvalue weighted by molar-refractivity contribution is 6.31. The van der Waals surface area contributed by atoms with E-state index in [9.17, 15) is 9.59 Å². The summed E-state index contributed by atoms with van der Waals surface area (Å²) in [6.07, 6.45) is 0.682. The number of carbonyl (C=O) groups is 2. The molecule has 3 heterocycles. The molecule has 2 amide bonds. The molecule has 5 rings (SSSR count). The van der Waals surface area contributed by atoms with Crippen LogP contribution in [0.4, 0.5) is 10.5 Å². The molecule has 1 atom stereocenters. The molecule has 0 spiro atoms. The number of hydrazine groups is 2. The third-order valence-electron chi connectivity index (χ3n) is 5.99. The number of hydrogen-bond acceptors (Lipinski definition) is 7. The fourth-order valence-electron chi connectivity index (χ4n) is 4.22. The molecule has 0 bridgehead atoms. The number of urea groups is 1. The second-order valence-electron chi connectivity index (χ2n) is 8.40. The van der Waals surface area contributed by atoms with Gasteiger partial charge in [-0.15, -0.1) is 5.53 Å². The minimum absolute atomic E-state index is 0.182. The van der Waals surface area contributed by atoms with Crippen molar-refractivity contribution < 1.29 is 14.3 Å². The molecule has 2 aromatic carbocycles. The van der Waals surface area contributed by atoms with E-state index in [0.717, 1.165) is 29.9 Å². The Labute approximate surface area is 202 Å². The molecule has 1 saturated heterocycles. The van der Waals surface area contributed by atoms with Crippen molar-refractivity contribution in [1.82, 2.24) is 20.3 Å². The largest absolute Gasteiger partial charge is 0.434 e. The van der Waals surface area contributed by atoms with Crippen LogP contribution < -0.4 is 10.5 Å². The van der Waals surface area contributed by atoms with Crippen LogP contribution >= 0.6 is 11.6 Å². The molecule has 2 aromatic rings. The van der Waals surface area contributed by atoms with E-state index in [1.165, 1.54) is 11.9 Å². The lowest BCUT2D eigenvalue weighted by atomic mass is 10.0. The zero-order chi connectivity index (χ0) is 23.8. The summed E-state index contributed by atoms with van der Waals surface area (Å²) in [7, 11) is 2.04. The molecule has 1 N–H and O–H groups in total. The number of anilines is 1. The van der Waals surface area contributed by atoms with E-state index in [4.69, 9.17) is 21.3 Å². The molecular weight excluding hydrogens is 456 g/mol. The second-order valence-corrected chi connectivity index (χ2v) is 8.84. The summed E-state index contributed by atoms with van der Waals surface area (Å²) in [4.78, 5) is 34.1. The summed E-state index contributed by atoms with van der Waals surface area (Å²) in [5.74, 6) is -0.477. The van der Waals surface area contributed by atoms with Gasteiger partial charge in [0, 0.05) is 49.3 Å². The molecule has 0 saturated carbocycles. The van der Waals surface area contributed by atoms with Crippen LogP contribution in [0, 0.1) is 0 Å². The van der Waals surface area contributed by atoms with Crippen LogP contribution in [0.15, 0.2) is 65.4 Å². The van der Waals surface area contributed by atoms with E-state index in [0.29, 0.717) is 29.5 Å². The third-order valence-corrected chi connectivity index (χ3v) is 6.22. The van der Waals surface area contributed by atoms with Crippen molar-refractivity contribution in [1.29, 1.82) is 0 Å². The quantitative estimate of drug-likeness (QED) is 0.666. The van der Waals surface area contributed by atoms with Crippen molar-refractivity contribution in [2.45, 2.75) is 13.2 Å². The van der Waals surface area contributed by atoms with E-state index in [2.05, 4.69) is 10.4 Å². The van der Waals surface area contributed by atoms with Gasteiger partial charge in [0.2, 0.25) is 6.23 Å². The van der Waals surface area contributed by atoms with Crippen LogP contribution in [0.2, 0.25) is 5.02 Å². The van der Waals surface area contributed by atoms with Crippen LogP contribution in [-0.2, 0) is 9.53 Å². The molecule has 3 aliphatic heterocycles. The zero-order valence-electron chi connectivity index (χ0n) is 18.9. The smallest absolute Gasteiger partial charge is 0.340 e. The van der Waals surface area contributed by atoms with Gasteiger partial charge in [-0.25, -0.2) is 14.8 Å². The molecule has 176 valence electrons. The van der Waals surface area contributed by atoms with Gasteiger partial charge in [-0.3, -0.25) is 9.80 Å². The maximum Gasteiger partial charge on any atom is 0.340 e. The average Bonchev–Trinajstić information content (AvgIpc) is 3.23. The first-order valence-electron chi connectivity index (χ1n) is 11.1. The summed E-state index contributed by atoms with van der Waals surface area (Å²) in [5.41, 5.74) is 6.66. The van der Waals surface area contributed by atoms with E-state index in [1.54, 1.807) is 22.2 Å². The molecule has 1 fully saturated rings. The number of ether oxygens (including phenoxy) is 1. The first-order valence-corrected chi connectivity index (χ1v) is 11.4. The lowest BCUT2D eigenvalue weighted by Gasteiger charge is -2.34. The number of aliphatic imine (C=N–C) groups is 1. The molecule has 1 unspecified atom stereocenters. The van der Waals surface area contributed by atoms with Gasteiger partial charge in [-0.05, 0) is 25.2 Å². The zero-order valence-corrected chi connectivity index (χ0v) is 19.7. The van der Waals surface area contributed by atoms with Crippen LogP contribution in [0.3, 0.4) is 0 Å². The number of nitrogens with zero attached hydrogens (tertiary/aromatic N) is 5. The molecule has 34 heavy (non-hydrogen) atoms. The lowest BCUT2D eigenvalue weighted by Crippen LogP contribution is -2.54. The van der Waals surface area contributed by atoms with Gasteiger partial charge < -0.3 is 14.5 Å². The van der Waals surface area contributed by atoms with Gasteiger partial charge >= 0.3 is 12.0 Å². The van der Waals surface area contributed by atoms with E-state index < -0.39 is 12.2 Å². The standard InChI is InChI=1S/C24H25ClN6O3/c1-16(32)34-23-21-15-30(24(33)29-12-10-28(2)11-13-29)27-31(21)20-9-8-18(25)14-19(20)22(26-23)17-6-4-3-5-7-17/h3-9,14-15,23,27H,10-13H2,1-2H3. The Bertz CT molecular complexity index is 1180. The van der Waals surface area contributed by atoms with Crippen molar-refractivity contribution in [3.05, 3.63) is 76.6 Å². The topological polar surface area (TPSA) is 80.7 Å². The number of benzene rings is 2. The molecule has 0 aliphatic carbocycles. The highest BCUT2D eigenvalue weighted by Crippen LogP contribution is 2.36. The SMILES string of the molecule is CC(=O)OC1N=C(c2ccccc2)c2cc(Cl)ccc2N2NN(C(=O)N3CCN(C)CC3)C=C12. The summed E-state index contributed by atoms with van der Waals surface area (Å²) >= 11 is 6.37. The Morgan fingerprint density at radius 1 is 1.09 bits per heavy atom. The van der Waals surface area contributed by atoms with Crippen molar-refractivity contribution >= 4 is 35.0 Å². The monoisotopic (exact) mass is 480 g/mol. The summed E-state index contributed by atoms with van der Waals surface area (Å²) in [5, 5.41) is 3.69. The van der Waals surface area contributed by atoms with Gasteiger partial charge in [0.15, 0.2) is 0 Å². The Kier molecular flexibility index (Phi) is 5.99. The predicted molar refractivity (Wildman–Crippen MR) is 129 cm³/mol. The van der Waals surface area contributed by atoms with Crippen LogP contribution in [-0.4, -0.2) is 72.0 Å². The van der Waals surface area contributed by atoms with Gasteiger partial charge in [0.1, 0.15) is 5.70 Å². The average molecular weight is 481 g/mol. The first kappa shape index (κ1) is 22.4. The van der Waals surface area contributed by atoms with Gasteiger partial charge in [-0.2, -0.15) is 0 Å². The number of rotatable bonds is 2. The fraction of sp³-hybridized carbons (Fsp3) is 0.292. The van der Waals surface area contributed by atoms with Gasteiger partial charge in [-0.1, -0.05) is 41.9 Å². The first-order chi connectivity index (χ1) is 16.4. The van der Waals surface area contributed by atoms with Crippen molar-refractivity contribution in [2.24, 2.45) is 4.99 Å². The van der Waals surface area contributed by atoms with Crippen molar-refractivity contribution in [3.8, 4) is 0 Å². The molecule has 3 aliphatic rings. The molecule has 9 nitrogen and oxygen atoms in total. The molecule has 0 radical (unpaired) electrons. The number of halogens is 1. The van der Waals surface area contributed by atoms with Gasteiger partial charge in [0.05, 0.1) is 17.6 Å². The highest BCUT2D eigenvalue weighted by Gasteiger charge is 2.38. The number of hydrogen-bond donors (Lipinski definition) is 1. The molecule has 10 heteroatoms. The number of likely N-dealkylation sites (N-methyl/N-ethyl adjacent to an activating group) is 1. The maximum absolute atomic E-state index is 13.3. The Morgan fingerprint density at radius 3 is 2.53 bits per heavy atom. The van der Waals surface area contributed by atoms with Crippen LogP contribution in [0.5, 0.6) is 0 Å². The Balaban J connectivity index is 1.58. The number of esters is 1. The summed E-state index contributed by atoms with van der Waals surface area (Å²) in [6, 6.07) is 14.9. The summed E-state index contributed by atoms with van der Waals surface area (Å²) < 4.78 is 5.62. The fourth-order valence-corrected chi connectivity index (χ4v) is 4.39. The van der Waals surface area contributed by atoms with E-state index in [1.807, 2.05) is 49.5 Å². The minimum atomic E-state index is -0.961. The highest BCUT2D eigenvalue weighted by atomic mass is 35.5. The van der Waals surface area contributed by atoms with Crippen LogP contribution in [0.1, 0.15) is 18.1 Å². The molecular formula is C24H25ClN6O3. The Morgan fingerprint density at radius 2 is 1.82 bits per heavy atom. The normalized spacial score (nSPS) is 20.2.